The van der Waals surface area contributed by atoms with Gasteiger partial charge in [0.2, 0.25) is 5.91 Å². The van der Waals surface area contributed by atoms with Crippen molar-refractivity contribution in [3.05, 3.63) is 90.0 Å². The lowest BCUT2D eigenvalue weighted by Gasteiger charge is -2.24. The van der Waals surface area contributed by atoms with Crippen LogP contribution in [0.5, 0.6) is 5.75 Å². The number of hydrogen-bond acceptors (Lipinski definition) is 6. The molecule has 2 N–H and O–H groups in total. The molecule has 0 radical (unpaired) electrons. The smallest absolute Gasteiger partial charge is 0.254 e. The van der Waals surface area contributed by atoms with Crippen LogP contribution in [0.4, 0.5) is 0 Å². The number of amides is 2. The third-order valence-electron chi connectivity index (χ3n) is 6.23. The lowest BCUT2D eigenvalue weighted by atomic mass is 9.99. The third kappa shape index (κ3) is 6.54. The van der Waals surface area contributed by atoms with Gasteiger partial charge < -0.3 is 24.9 Å². The number of rotatable bonds is 9. The minimum atomic E-state index is -0.907. The molecule has 0 bridgehead atoms. The number of nitrogens with zero attached hydrogens (tertiary/aromatic N) is 2. The largest absolute Gasteiger partial charge is 0.491 e. The maximum absolute atomic E-state index is 13.4. The third-order valence-corrected chi connectivity index (χ3v) is 6.23. The van der Waals surface area contributed by atoms with Gasteiger partial charge in [-0.15, -0.1) is 0 Å². The van der Waals surface area contributed by atoms with E-state index in [0.29, 0.717) is 17.0 Å². The van der Waals surface area contributed by atoms with Crippen LogP contribution in [-0.4, -0.2) is 66.5 Å². The number of hydrogen-bond donors (Lipinski definition) is 2. The van der Waals surface area contributed by atoms with Gasteiger partial charge in [-0.3, -0.25) is 9.59 Å². The van der Waals surface area contributed by atoms with Crippen LogP contribution in [0.25, 0.3) is 11.1 Å². The Morgan fingerprint density at radius 3 is 2.46 bits per heavy atom. The maximum atomic E-state index is 13.4. The van der Waals surface area contributed by atoms with E-state index < -0.39 is 12.1 Å². The predicted octanol–water partition coefficient (Wildman–Crippen LogP) is 3.44. The molecule has 2 atom stereocenters. The summed E-state index contributed by atoms with van der Waals surface area (Å²) in [6.07, 6.45) is -0.653. The van der Waals surface area contributed by atoms with E-state index in [0.717, 1.165) is 16.7 Å². The second kappa shape index (κ2) is 12.2. The topological polar surface area (TPSA) is 100 Å². The van der Waals surface area contributed by atoms with Crippen molar-refractivity contribution in [3.8, 4) is 16.9 Å². The van der Waals surface area contributed by atoms with Crippen LogP contribution in [0, 0.1) is 6.92 Å². The monoisotopic (exact) mass is 501 g/mol. The molecule has 3 aromatic rings. The highest BCUT2D eigenvalue weighted by Crippen LogP contribution is 2.25. The minimum Gasteiger partial charge on any atom is -0.491 e. The molecule has 0 aromatic heterocycles. The molecule has 2 amide bonds. The molecule has 0 aliphatic carbocycles. The molecule has 37 heavy (non-hydrogen) atoms. The summed E-state index contributed by atoms with van der Waals surface area (Å²) in [6.45, 7) is 2.25. The molecule has 8 nitrogen and oxygen atoms in total. The number of likely N-dealkylation sites (tertiary alicyclic amines) is 1. The van der Waals surface area contributed by atoms with Crippen molar-refractivity contribution in [2.45, 2.75) is 25.5 Å². The molecule has 3 aromatic carbocycles. The first kappa shape index (κ1) is 25.9. The average Bonchev–Trinajstić information content (AvgIpc) is 3.35. The second-order valence-corrected chi connectivity index (χ2v) is 8.91. The van der Waals surface area contributed by atoms with Crippen LogP contribution in [0.1, 0.15) is 22.3 Å². The van der Waals surface area contributed by atoms with Gasteiger partial charge in [-0.25, -0.2) is 0 Å². The molecular formula is C29H31N3O5. The van der Waals surface area contributed by atoms with Gasteiger partial charge in [0.05, 0.1) is 12.3 Å². The molecule has 1 fully saturated rings. The van der Waals surface area contributed by atoms with Gasteiger partial charge in [0.1, 0.15) is 31.6 Å². The van der Waals surface area contributed by atoms with Crippen molar-refractivity contribution in [1.29, 1.82) is 0 Å². The number of oxime groups is 1. The molecule has 1 heterocycles. The number of ether oxygens (including phenoxy) is 1. The standard InChI is InChI=1S/C29H31N3O5/c1-20-8-6-7-11-26(20)21-12-14-22(15-13-21)29(35)32-18-23(31-36-2)16-27(32)28(34)30-17-24(33)19-37-25-9-4-3-5-10-25/h3-15,24,27,33H,16-19H2,1-2H3,(H,30,34)/b31-23-/t24?,27-/m0/s1. The lowest BCUT2D eigenvalue weighted by molar-refractivity contribution is -0.125. The van der Waals surface area contributed by atoms with Crippen LogP contribution < -0.4 is 10.1 Å². The molecule has 1 aliphatic rings. The first-order valence-electron chi connectivity index (χ1n) is 12.2. The summed E-state index contributed by atoms with van der Waals surface area (Å²) in [6, 6.07) is 23.8. The van der Waals surface area contributed by atoms with E-state index >= 15 is 0 Å². The van der Waals surface area contributed by atoms with Gasteiger partial charge >= 0.3 is 0 Å². The Balaban J connectivity index is 1.41. The Bertz CT molecular complexity index is 1240. The van der Waals surface area contributed by atoms with E-state index in [2.05, 4.69) is 10.5 Å². The molecule has 4 rings (SSSR count). The average molecular weight is 502 g/mol. The fourth-order valence-corrected chi connectivity index (χ4v) is 4.31. The summed E-state index contributed by atoms with van der Waals surface area (Å²) in [5.41, 5.74) is 4.34. The molecule has 192 valence electrons. The second-order valence-electron chi connectivity index (χ2n) is 8.91. The fraction of sp³-hybridized carbons (Fsp3) is 0.276. The number of aryl methyl sites for hydroxylation is 1. The highest BCUT2D eigenvalue weighted by Gasteiger charge is 2.38. The van der Waals surface area contributed by atoms with Crippen molar-refractivity contribution in [3.63, 3.8) is 0 Å². The SMILES string of the molecule is CO/N=C1/C[C@@H](C(=O)NCC(O)COc2ccccc2)N(C(=O)c2ccc(-c3ccccc3C)cc2)C1. The zero-order chi connectivity index (χ0) is 26.2. The first-order valence-corrected chi connectivity index (χ1v) is 12.2. The first-order chi connectivity index (χ1) is 18.0. The maximum Gasteiger partial charge on any atom is 0.254 e. The van der Waals surface area contributed by atoms with Gasteiger partial charge in [-0.1, -0.05) is 59.8 Å². The Labute approximate surface area is 216 Å². The molecule has 1 aliphatic heterocycles. The van der Waals surface area contributed by atoms with Crippen LogP contribution in [-0.2, 0) is 9.63 Å². The van der Waals surface area contributed by atoms with Crippen molar-refractivity contribution in [2.24, 2.45) is 5.16 Å². The normalized spacial score (nSPS) is 16.9. The van der Waals surface area contributed by atoms with Gasteiger partial charge in [-0.05, 0) is 47.9 Å². The summed E-state index contributed by atoms with van der Waals surface area (Å²) in [5.74, 6) is -0.00926. The van der Waals surface area contributed by atoms with Crippen molar-refractivity contribution in [1.82, 2.24) is 10.2 Å². The summed E-state index contributed by atoms with van der Waals surface area (Å²) < 4.78 is 5.54. The molecule has 0 saturated carbocycles. The van der Waals surface area contributed by atoms with E-state index in [9.17, 15) is 14.7 Å². The number of aliphatic hydroxyl groups excluding tert-OH is 1. The Hall–Kier alpha value is -4.17. The molecule has 8 heteroatoms. The van der Waals surface area contributed by atoms with Crippen molar-refractivity contribution in [2.75, 3.05) is 26.8 Å². The number of nitrogens with one attached hydrogen (secondary N) is 1. The highest BCUT2D eigenvalue weighted by molar-refractivity contribution is 6.05. The number of aliphatic hydroxyl groups is 1. The Kier molecular flexibility index (Phi) is 8.53. The lowest BCUT2D eigenvalue weighted by Crippen LogP contribution is -2.48. The Morgan fingerprint density at radius 1 is 1.05 bits per heavy atom. The van der Waals surface area contributed by atoms with Crippen molar-refractivity contribution >= 4 is 17.5 Å². The Morgan fingerprint density at radius 2 is 1.76 bits per heavy atom. The number of benzene rings is 3. The van der Waals surface area contributed by atoms with E-state index in [1.54, 1.807) is 24.3 Å². The molecule has 1 saturated heterocycles. The van der Waals surface area contributed by atoms with Gasteiger partial charge in [0.25, 0.3) is 5.91 Å². The number of para-hydroxylation sites is 1. The zero-order valence-electron chi connectivity index (χ0n) is 21.0. The molecular weight excluding hydrogens is 470 g/mol. The van der Waals surface area contributed by atoms with E-state index in [4.69, 9.17) is 9.57 Å². The highest BCUT2D eigenvalue weighted by atomic mass is 16.6. The van der Waals surface area contributed by atoms with Crippen LogP contribution >= 0.6 is 0 Å². The van der Waals surface area contributed by atoms with Gasteiger partial charge in [0.15, 0.2) is 0 Å². The van der Waals surface area contributed by atoms with Crippen LogP contribution in [0.3, 0.4) is 0 Å². The number of carbonyl (C=O) groups is 2. The van der Waals surface area contributed by atoms with E-state index in [1.165, 1.54) is 12.0 Å². The van der Waals surface area contributed by atoms with Crippen molar-refractivity contribution < 1.29 is 24.3 Å². The summed E-state index contributed by atoms with van der Waals surface area (Å²) >= 11 is 0. The van der Waals surface area contributed by atoms with E-state index in [-0.39, 0.29) is 37.9 Å². The quantitative estimate of drug-likeness (QED) is 0.438. The minimum absolute atomic E-state index is 0.00786. The zero-order valence-corrected chi connectivity index (χ0v) is 21.0. The molecule has 1 unspecified atom stereocenters. The van der Waals surface area contributed by atoms with Crippen LogP contribution in [0.15, 0.2) is 84.0 Å². The molecule has 0 spiro atoms. The fourth-order valence-electron chi connectivity index (χ4n) is 4.31. The summed E-state index contributed by atoms with van der Waals surface area (Å²) in [5, 5.41) is 17.0. The summed E-state index contributed by atoms with van der Waals surface area (Å²) in [7, 11) is 1.43. The summed E-state index contributed by atoms with van der Waals surface area (Å²) in [4.78, 5) is 32.8. The predicted molar refractivity (Wildman–Crippen MR) is 141 cm³/mol. The number of carbonyl (C=O) groups excluding carboxylic acids is 2. The van der Waals surface area contributed by atoms with E-state index in [1.807, 2.05) is 61.5 Å². The van der Waals surface area contributed by atoms with Gasteiger partial charge in [-0.2, -0.15) is 0 Å². The van der Waals surface area contributed by atoms with Gasteiger partial charge in [0, 0.05) is 18.5 Å². The van der Waals surface area contributed by atoms with Crippen LogP contribution in [0.2, 0.25) is 0 Å².